The number of amides is 1. The Bertz CT molecular complexity index is 871. The third kappa shape index (κ3) is 4.32. The molecule has 2 N–H and O–H groups in total. The molecule has 2 rings (SSSR count). The van der Waals surface area contributed by atoms with Gasteiger partial charge in [-0.05, 0) is 49.4 Å². The van der Waals surface area contributed by atoms with Crippen molar-refractivity contribution in [2.45, 2.75) is 11.8 Å². The van der Waals surface area contributed by atoms with Crippen LogP contribution in [0.4, 0.5) is 0 Å². The van der Waals surface area contributed by atoms with E-state index >= 15 is 0 Å². The number of hydrazine groups is 1. The summed E-state index contributed by atoms with van der Waals surface area (Å²) in [6.45, 7) is 2.35. The topological polar surface area (TPSA) is 108 Å². The van der Waals surface area contributed by atoms with Crippen molar-refractivity contribution in [1.29, 1.82) is 5.26 Å². The lowest BCUT2D eigenvalue weighted by Gasteiger charge is -2.09. The van der Waals surface area contributed by atoms with Crippen LogP contribution in [0.3, 0.4) is 0 Å². The molecule has 124 valence electrons. The van der Waals surface area contributed by atoms with Crippen LogP contribution >= 0.6 is 0 Å². The number of hydrogen-bond acceptors (Lipinski definition) is 5. The summed E-state index contributed by atoms with van der Waals surface area (Å²) >= 11 is 0. The molecule has 0 bridgehead atoms. The summed E-state index contributed by atoms with van der Waals surface area (Å²) in [5.41, 5.74) is 2.60. The molecular weight excluding hydrogens is 330 g/mol. The van der Waals surface area contributed by atoms with E-state index in [4.69, 9.17) is 10.00 Å². The Labute approximate surface area is 139 Å². The van der Waals surface area contributed by atoms with Crippen molar-refractivity contribution in [2.24, 2.45) is 0 Å². The Morgan fingerprint density at radius 3 is 2.54 bits per heavy atom. The average Bonchev–Trinajstić information content (AvgIpc) is 2.61. The molecule has 0 aliphatic carbocycles. The minimum atomic E-state index is -3.97. The molecule has 0 aliphatic rings. The van der Waals surface area contributed by atoms with E-state index in [1.807, 2.05) is 17.8 Å². The minimum Gasteiger partial charge on any atom is -0.494 e. The fraction of sp³-hybridized carbons (Fsp3) is 0.125. The summed E-state index contributed by atoms with van der Waals surface area (Å²) < 4.78 is 29.5. The van der Waals surface area contributed by atoms with Crippen molar-refractivity contribution in [1.82, 2.24) is 10.3 Å². The fourth-order valence-electron chi connectivity index (χ4n) is 1.85. The summed E-state index contributed by atoms with van der Waals surface area (Å²) in [5, 5.41) is 8.81. The quantitative estimate of drug-likeness (QED) is 0.773. The number of ether oxygens (including phenoxy) is 1. The molecule has 0 spiro atoms. The van der Waals surface area contributed by atoms with Gasteiger partial charge in [0.15, 0.2) is 0 Å². The number of sulfonamides is 1. The van der Waals surface area contributed by atoms with Crippen LogP contribution in [-0.4, -0.2) is 20.9 Å². The Balaban J connectivity index is 2.05. The number of nitriles is 1. The maximum Gasteiger partial charge on any atom is 0.266 e. The maximum absolute atomic E-state index is 12.1. The van der Waals surface area contributed by atoms with Crippen LogP contribution in [0, 0.1) is 11.3 Å². The van der Waals surface area contributed by atoms with Gasteiger partial charge in [-0.15, -0.1) is 4.83 Å². The van der Waals surface area contributed by atoms with Gasteiger partial charge < -0.3 is 4.74 Å². The van der Waals surface area contributed by atoms with Gasteiger partial charge in [-0.3, -0.25) is 10.2 Å². The normalized spacial score (nSPS) is 10.7. The van der Waals surface area contributed by atoms with Crippen LogP contribution in [0.15, 0.2) is 53.4 Å². The van der Waals surface area contributed by atoms with Gasteiger partial charge in [0.25, 0.3) is 15.9 Å². The molecule has 24 heavy (non-hydrogen) atoms. The summed E-state index contributed by atoms with van der Waals surface area (Å²) in [6.07, 6.45) is 0. The lowest BCUT2D eigenvalue weighted by molar-refractivity contribution is 0.0945. The van der Waals surface area contributed by atoms with E-state index in [2.05, 4.69) is 5.43 Å². The van der Waals surface area contributed by atoms with Crippen LogP contribution in [-0.2, 0) is 10.0 Å². The highest BCUT2D eigenvalue weighted by Gasteiger charge is 2.16. The molecule has 0 heterocycles. The summed E-state index contributed by atoms with van der Waals surface area (Å²) in [4.78, 5) is 13.9. The van der Waals surface area contributed by atoms with Crippen LogP contribution in [0.2, 0.25) is 0 Å². The Morgan fingerprint density at radius 2 is 1.92 bits per heavy atom. The monoisotopic (exact) mass is 345 g/mol. The first-order chi connectivity index (χ1) is 11.5. The average molecular weight is 345 g/mol. The number of benzene rings is 2. The van der Waals surface area contributed by atoms with E-state index < -0.39 is 15.9 Å². The highest BCUT2D eigenvalue weighted by Crippen LogP contribution is 2.12. The van der Waals surface area contributed by atoms with Crippen molar-refractivity contribution in [3.63, 3.8) is 0 Å². The van der Waals surface area contributed by atoms with Gasteiger partial charge in [-0.25, -0.2) is 8.42 Å². The van der Waals surface area contributed by atoms with E-state index in [1.54, 1.807) is 12.1 Å². The van der Waals surface area contributed by atoms with Crippen molar-refractivity contribution in [2.75, 3.05) is 6.61 Å². The third-order valence-electron chi connectivity index (χ3n) is 3.00. The molecular formula is C16H15N3O4S. The first-order valence-corrected chi connectivity index (χ1v) is 8.50. The molecule has 7 nitrogen and oxygen atoms in total. The van der Waals surface area contributed by atoms with Gasteiger partial charge in [0, 0.05) is 5.56 Å². The number of hydrogen-bond donors (Lipinski definition) is 2. The summed E-state index contributed by atoms with van der Waals surface area (Å²) in [7, 11) is -3.97. The lowest BCUT2D eigenvalue weighted by atomic mass is 10.2. The van der Waals surface area contributed by atoms with Crippen molar-refractivity contribution >= 4 is 15.9 Å². The summed E-state index contributed by atoms with van der Waals surface area (Å²) in [5.74, 6) is 0.000936. The fourth-order valence-corrected chi connectivity index (χ4v) is 2.73. The molecule has 8 heteroatoms. The van der Waals surface area contributed by atoms with E-state index in [0.717, 1.165) is 0 Å². The van der Waals surface area contributed by atoms with Gasteiger partial charge in [0.1, 0.15) is 5.75 Å². The van der Waals surface area contributed by atoms with Crippen LogP contribution in [0.1, 0.15) is 22.8 Å². The van der Waals surface area contributed by atoms with Crippen LogP contribution in [0.25, 0.3) is 0 Å². The first-order valence-electron chi connectivity index (χ1n) is 7.01. The van der Waals surface area contributed by atoms with E-state index in [9.17, 15) is 13.2 Å². The second kappa shape index (κ2) is 7.59. The van der Waals surface area contributed by atoms with Gasteiger partial charge in [0.05, 0.1) is 23.1 Å². The Hall–Kier alpha value is -2.89. The maximum atomic E-state index is 12.1. The molecule has 0 fully saturated rings. The molecule has 0 atom stereocenters. The van der Waals surface area contributed by atoms with Crippen LogP contribution in [0.5, 0.6) is 5.75 Å². The van der Waals surface area contributed by atoms with Crippen LogP contribution < -0.4 is 15.0 Å². The van der Waals surface area contributed by atoms with E-state index in [1.165, 1.54) is 36.4 Å². The number of nitrogens with one attached hydrogen (secondary N) is 2. The lowest BCUT2D eigenvalue weighted by Crippen LogP contribution is -2.41. The zero-order chi connectivity index (χ0) is 17.6. The Morgan fingerprint density at radius 1 is 1.21 bits per heavy atom. The predicted octanol–water partition coefficient (Wildman–Crippen LogP) is 1.58. The SMILES string of the molecule is CCOc1ccc(C(=O)NNS(=O)(=O)c2cccc(C#N)c2)cc1. The van der Waals surface area contributed by atoms with Crippen molar-refractivity contribution in [3.8, 4) is 11.8 Å². The molecule has 1 amide bonds. The first kappa shape index (κ1) is 17.5. The zero-order valence-electron chi connectivity index (χ0n) is 12.8. The van der Waals surface area contributed by atoms with Crippen molar-refractivity contribution in [3.05, 3.63) is 59.7 Å². The van der Waals surface area contributed by atoms with Gasteiger partial charge in [-0.2, -0.15) is 5.26 Å². The van der Waals surface area contributed by atoms with E-state index in [-0.39, 0.29) is 16.0 Å². The molecule has 0 aromatic heterocycles. The molecule has 0 saturated heterocycles. The van der Waals surface area contributed by atoms with Gasteiger partial charge in [-0.1, -0.05) is 6.07 Å². The summed E-state index contributed by atoms with van der Waals surface area (Å²) in [6, 6.07) is 13.6. The number of nitrogens with zero attached hydrogens (tertiary/aromatic N) is 1. The molecule has 2 aromatic carbocycles. The second-order valence-electron chi connectivity index (χ2n) is 4.66. The smallest absolute Gasteiger partial charge is 0.266 e. The standard InChI is InChI=1S/C16H15N3O4S/c1-2-23-14-8-6-13(7-9-14)16(20)18-19-24(21,22)15-5-3-4-12(10-15)11-17/h3-10,19H,2H2,1H3,(H,18,20). The largest absolute Gasteiger partial charge is 0.494 e. The number of carbonyl (C=O) groups is 1. The predicted molar refractivity (Wildman–Crippen MR) is 86.6 cm³/mol. The number of rotatable bonds is 6. The highest BCUT2D eigenvalue weighted by molar-refractivity contribution is 7.89. The van der Waals surface area contributed by atoms with Gasteiger partial charge in [0.2, 0.25) is 0 Å². The van der Waals surface area contributed by atoms with E-state index in [0.29, 0.717) is 12.4 Å². The molecule has 0 unspecified atom stereocenters. The minimum absolute atomic E-state index is 0.117. The molecule has 0 aliphatic heterocycles. The molecule has 0 saturated carbocycles. The second-order valence-corrected chi connectivity index (χ2v) is 6.34. The molecule has 2 aromatic rings. The third-order valence-corrected chi connectivity index (χ3v) is 4.25. The number of carbonyl (C=O) groups excluding carboxylic acids is 1. The van der Waals surface area contributed by atoms with Crippen molar-refractivity contribution < 1.29 is 17.9 Å². The molecule has 0 radical (unpaired) electrons. The zero-order valence-corrected chi connectivity index (χ0v) is 13.6. The Kier molecular flexibility index (Phi) is 5.52. The van der Waals surface area contributed by atoms with Gasteiger partial charge >= 0.3 is 0 Å². The highest BCUT2D eigenvalue weighted by atomic mass is 32.2.